The van der Waals surface area contributed by atoms with Crippen LogP contribution in [0, 0.1) is 10.1 Å². The van der Waals surface area contributed by atoms with Gasteiger partial charge in [-0.05, 0) is 47.6 Å². The smallest absolute Gasteiger partial charge is 0.328 e. The van der Waals surface area contributed by atoms with Crippen molar-refractivity contribution in [3.8, 4) is 0 Å². The van der Waals surface area contributed by atoms with Gasteiger partial charge in [-0.15, -0.1) is 0 Å². The molecule has 2 rings (SSSR count). The number of aryl methyl sites for hydroxylation is 2. The highest BCUT2D eigenvalue weighted by Gasteiger charge is 2.27. The van der Waals surface area contributed by atoms with E-state index in [2.05, 4.69) is 21.3 Å². The number of nitrogens with one attached hydrogen (secondary N) is 4. The number of rotatable bonds is 10. The van der Waals surface area contributed by atoms with Crippen molar-refractivity contribution in [2.45, 2.75) is 65.3 Å². The van der Waals surface area contributed by atoms with Crippen molar-refractivity contribution in [1.29, 1.82) is 0 Å². The van der Waals surface area contributed by atoms with E-state index in [4.69, 9.17) is 4.74 Å². The van der Waals surface area contributed by atoms with Crippen LogP contribution >= 0.6 is 0 Å². The van der Waals surface area contributed by atoms with Crippen LogP contribution in [0.5, 0.6) is 0 Å². The lowest BCUT2D eigenvalue weighted by Gasteiger charge is -2.24. The van der Waals surface area contributed by atoms with Crippen molar-refractivity contribution in [2.75, 3.05) is 5.32 Å². The van der Waals surface area contributed by atoms with E-state index in [0.717, 1.165) is 6.07 Å². The third-order valence-electron chi connectivity index (χ3n) is 5.54. The van der Waals surface area contributed by atoms with Gasteiger partial charge in [0.25, 0.3) is 17.5 Å². The number of aromatic nitrogens is 2. The minimum atomic E-state index is -1.04. The maximum absolute atomic E-state index is 12.8. The maximum Gasteiger partial charge on any atom is 0.328 e. The first-order chi connectivity index (χ1) is 18.4. The molecule has 0 fully saturated rings. The molecule has 15 nitrogen and oxygen atoms in total. The second-order valence-corrected chi connectivity index (χ2v) is 10.3. The zero-order valence-electron chi connectivity index (χ0n) is 23.6. The van der Waals surface area contributed by atoms with Crippen LogP contribution in [-0.4, -0.2) is 67.4 Å². The SMILES string of the molecule is C[C@H](NC(=O)c1cc(NC(=O)c2cc([N+](=O)[O-])cn2C)cn1C)C(=O)N[C@@H](C)C(=O)N[C@@H](C)C(=O)OC(C)(C)C. The Labute approximate surface area is 230 Å². The van der Waals surface area contributed by atoms with E-state index in [0.29, 0.717) is 0 Å². The van der Waals surface area contributed by atoms with Crippen molar-refractivity contribution in [3.63, 3.8) is 0 Å². The highest BCUT2D eigenvalue weighted by molar-refractivity contribution is 6.05. The monoisotopic (exact) mass is 561 g/mol. The molecule has 0 spiro atoms. The summed E-state index contributed by atoms with van der Waals surface area (Å²) in [5.74, 6) is -3.13. The quantitative estimate of drug-likeness (QED) is 0.187. The normalized spacial score (nSPS) is 13.4. The number of carbonyl (C=O) groups excluding carboxylic acids is 5. The summed E-state index contributed by atoms with van der Waals surface area (Å²) in [4.78, 5) is 72.8. The second-order valence-electron chi connectivity index (χ2n) is 10.3. The van der Waals surface area contributed by atoms with Crippen LogP contribution in [0.3, 0.4) is 0 Å². The number of hydrogen-bond donors (Lipinski definition) is 4. The molecule has 0 aliphatic rings. The van der Waals surface area contributed by atoms with Gasteiger partial charge in [0.2, 0.25) is 11.8 Å². The molecule has 0 aliphatic heterocycles. The summed E-state index contributed by atoms with van der Waals surface area (Å²) >= 11 is 0. The third-order valence-corrected chi connectivity index (χ3v) is 5.54. The van der Waals surface area contributed by atoms with Crippen molar-refractivity contribution in [2.24, 2.45) is 14.1 Å². The largest absolute Gasteiger partial charge is 0.458 e. The van der Waals surface area contributed by atoms with Gasteiger partial charge in [-0.25, -0.2) is 4.79 Å². The molecule has 2 heterocycles. The predicted octanol–water partition coefficient (Wildman–Crippen LogP) is 0.994. The average Bonchev–Trinajstić information content (AvgIpc) is 3.39. The van der Waals surface area contributed by atoms with Gasteiger partial charge in [0.05, 0.1) is 16.8 Å². The Morgan fingerprint density at radius 2 is 1.32 bits per heavy atom. The standard InChI is InChI=1S/C25H35N7O8/c1-13(21(34)28-15(3)24(37)40-25(4,5)6)26-20(33)14(2)27-22(35)18-9-16(11-30(18)7)29-23(36)19-10-17(32(38)39)12-31(19)8/h9-15H,1-8H3,(H,26,33)(H,27,35)(H,28,34)(H,29,36)/t13-,14-,15-/m0/s1. The molecule has 0 radical (unpaired) electrons. The van der Waals surface area contributed by atoms with Crippen molar-refractivity contribution < 1.29 is 33.6 Å². The first kappa shape index (κ1) is 31.5. The lowest BCUT2D eigenvalue weighted by molar-refractivity contribution is -0.384. The summed E-state index contributed by atoms with van der Waals surface area (Å²) in [6.45, 7) is 9.41. The number of nitrogens with zero attached hydrogens (tertiary/aromatic N) is 3. The highest BCUT2D eigenvalue weighted by Crippen LogP contribution is 2.18. The predicted molar refractivity (Wildman–Crippen MR) is 143 cm³/mol. The molecule has 4 N–H and O–H groups in total. The van der Waals surface area contributed by atoms with Gasteiger partial charge >= 0.3 is 5.97 Å². The molecule has 218 valence electrons. The van der Waals surface area contributed by atoms with Crippen LogP contribution in [0.1, 0.15) is 62.5 Å². The lowest BCUT2D eigenvalue weighted by atomic mass is 10.2. The van der Waals surface area contributed by atoms with Crippen LogP contribution in [0.15, 0.2) is 24.5 Å². The van der Waals surface area contributed by atoms with Gasteiger partial charge in [-0.2, -0.15) is 0 Å². The Morgan fingerprint density at radius 3 is 1.85 bits per heavy atom. The summed E-state index contributed by atoms with van der Waals surface area (Å²) in [6.07, 6.45) is 2.67. The third kappa shape index (κ3) is 8.41. The van der Waals surface area contributed by atoms with Crippen molar-refractivity contribution >= 4 is 41.0 Å². The minimum Gasteiger partial charge on any atom is -0.458 e. The summed E-state index contributed by atoms with van der Waals surface area (Å²) in [7, 11) is 3.05. The number of esters is 1. The van der Waals surface area contributed by atoms with E-state index in [1.165, 1.54) is 55.4 Å². The van der Waals surface area contributed by atoms with Crippen molar-refractivity contribution in [3.05, 3.63) is 46.0 Å². The lowest BCUT2D eigenvalue weighted by Crippen LogP contribution is -2.54. The molecule has 3 atom stereocenters. The summed E-state index contributed by atoms with van der Waals surface area (Å²) in [5, 5.41) is 21.0. The van der Waals surface area contributed by atoms with Crippen LogP contribution in [0.25, 0.3) is 0 Å². The van der Waals surface area contributed by atoms with Gasteiger partial charge in [-0.1, -0.05) is 0 Å². The fourth-order valence-corrected chi connectivity index (χ4v) is 3.45. The van der Waals surface area contributed by atoms with E-state index in [1.807, 2.05) is 0 Å². The number of nitro groups is 1. The summed E-state index contributed by atoms with van der Waals surface area (Å²) < 4.78 is 7.95. The van der Waals surface area contributed by atoms with Crippen LogP contribution < -0.4 is 21.3 Å². The van der Waals surface area contributed by atoms with Gasteiger partial charge in [-0.3, -0.25) is 29.3 Å². The number of ether oxygens (including phenoxy) is 1. The Balaban J connectivity index is 1.95. The number of anilines is 1. The molecule has 2 aromatic heterocycles. The van der Waals surface area contributed by atoms with Crippen molar-refractivity contribution in [1.82, 2.24) is 25.1 Å². The van der Waals surface area contributed by atoms with Crippen LogP contribution in [0.4, 0.5) is 11.4 Å². The molecule has 15 heteroatoms. The maximum atomic E-state index is 12.8. The second kappa shape index (κ2) is 12.4. The Kier molecular flexibility index (Phi) is 9.81. The molecular weight excluding hydrogens is 526 g/mol. The van der Waals surface area contributed by atoms with E-state index in [-0.39, 0.29) is 22.8 Å². The van der Waals surface area contributed by atoms with E-state index in [1.54, 1.807) is 27.8 Å². The average molecular weight is 562 g/mol. The van der Waals surface area contributed by atoms with E-state index >= 15 is 0 Å². The summed E-state index contributed by atoms with van der Waals surface area (Å²) in [5.41, 5.74) is -0.547. The number of carbonyl (C=O) groups is 5. The molecule has 0 aliphatic carbocycles. The fourth-order valence-electron chi connectivity index (χ4n) is 3.45. The molecular formula is C25H35N7O8. The first-order valence-electron chi connectivity index (χ1n) is 12.3. The Hall–Kier alpha value is -4.69. The number of amides is 4. The number of hydrogen-bond acceptors (Lipinski definition) is 8. The molecule has 0 saturated carbocycles. The minimum absolute atomic E-state index is 0.0468. The fraction of sp³-hybridized carbons (Fsp3) is 0.480. The van der Waals surface area contributed by atoms with E-state index < -0.39 is 58.2 Å². The summed E-state index contributed by atoms with van der Waals surface area (Å²) in [6, 6.07) is -0.480. The first-order valence-corrected chi connectivity index (χ1v) is 12.3. The highest BCUT2D eigenvalue weighted by atomic mass is 16.6. The van der Waals surface area contributed by atoms with Crippen LogP contribution in [0.2, 0.25) is 0 Å². The van der Waals surface area contributed by atoms with Gasteiger partial charge < -0.3 is 35.1 Å². The zero-order valence-corrected chi connectivity index (χ0v) is 23.6. The molecule has 0 saturated heterocycles. The van der Waals surface area contributed by atoms with Gasteiger partial charge in [0, 0.05) is 26.4 Å². The molecule has 0 unspecified atom stereocenters. The van der Waals surface area contributed by atoms with E-state index in [9.17, 15) is 34.1 Å². The molecule has 0 aromatic carbocycles. The molecule has 4 amide bonds. The van der Waals surface area contributed by atoms with Crippen LogP contribution in [-0.2, 0) is 33.2 Å². The molecule has 2 aromatic rings. The zero-order chi connectivity index (χ0) is 30.5. The van der Waals surface area contributed by atoms with Gasteiger partial charge in [0.15, 0.2) is 0 Å². The molecule has 40 heavy (non-hydrogen) atoms. The Morgan fingerprint density at radius 1 is 0.825 bits per heavy atom. The van der Waals surface area contributed by atoms with Gasteiger partial charge in [0.1, 0.15) is 35.1 Å². The Bertz CT molecular complexity index is 1320. The molecule has 0 bridgehead atoms. The topological polar surface area (TPSA) is 196 Å².